The number of hydrogen-bond acceptors (Lipinski definition) is 3. The quantitative estimate of drug-likeness (QED) is 0.274. The lowest BCUT2D eigenvalue weighted by Crippen LogP contribution is -2.21. The van der Waals surface area contributed by atoms with E-state index in [2.05, 4.69) is 10.5 Å². The molecule has 0 bridgehead atoms. The zero-order valence-electron chi connectivity index (χ0n) is 6.92. The van der Waals surface area contributed by atoms with Crippen LogP contribution in [0.4, 0.5) is 0 Å². The second-order valence-electron chi connectivity index (χ2n) is 2.42. The van der Waals surface area contributed by atoms with Crippen LogP contribution in [0.25, 0.3) is 0 Å². The van der Waals surface area contributed by atoms with Gasteiger partial charge in [0.1, 0.15) is 0 Å². The standard InChI is InChI=1S/C7H14N2O2/c1-6(9-11)4-3-5-8-7(2)10/h11H,3-5H2,1-2H3,(H,8,10)/b9-6+. The van der Waals surface area contributed by atoms with E-state index in [4.69, 9.17) is 5.21 Å². The highest BCUT2D eigenvalue weighted by atomic mass is 16.4. The molecular weight excluding hydrogens is 144 g/mol. The van der Waals surface area contributed by atoms with Gasteiger partial charge in [0, 0.05) is 13.5 Å². The predicted octanol–water partition coefficient (Wildman–Crippen LogP) is 0.753. The average molecular weight is 158 g/mol. The summed E-state index contributed by atoms with van der Waals surface area (Å²) in [6, 6.07) is 0. The summed E-state index contributed by atoms with van der Waals surface area (Å²) in [6.45, 7) is 3.86. The first-order valence-electron chi connectivity index (χ1n) is 3.58. The summed E-state index contributed by atoms with van der Waals surface area (Å²) in [6.07, 6.45) is 1.53. The molecule has 64 valence electrons. The number of carbonyl (C=O) groups excluding carboxylic acids is 1. The molecule has 0 aliphatic carbocycles. The van der Waals surface area contributed by atoms with Gasteiger partial charge < -0.3 is 10.5 Å². The summed E-state index contributed by atoms with van der Waals surface area (Å²) in [7, 11) is 0. The molecule has 0 fully saturated rings. The van der Waals surface area contributed by atoms with Gasteiger partial charge in [0.25, 0.3) is 0 Å². The minimum Gasteiger partial charge on any atom is -0.411 e. The average Bonchev–Trinajstić information content (AvgIpc) is 1.97. The number of nitrogens with zero attached hydrogens (tertiary/aromatic N) is 1. The van der Waals surface area contributed by atoms with Crippen LogP contribution in [-0.4, -0.2) is 23.4 Å². The highest BCUT2D eigenvalue weighted by Crippen LogP contribution is 1.89. The van der Waals surface area contributed by atoms with Crippen LogP contribution in [0.2, 0.25) is 0 Å². The van der Waals surface area contributed by atoms with Gasteiger partial charge in [-0.1, -0.05) is 5.16 Å². The van der Waals surface area contributed by atoms with Crippen molar-refractivity contribution in [2.45, 2.75) is 26.7 Å². The van der Waals surface area contributed by atoms with Crippen molar-refractivity contribution in [1.82, 2.24) is 5.32 Å². The summed E-state index contributed by atoms with van der Waals surface area (Å²) in [5.41, 5.74) is 0.690. The molecule has 0 spiro atoms. The number of oxime groups is 1. The van der Waals surface area contributed by atoms with Crippen LogP contribution in [0.3, 0.4) is 0 Å². The van der Waals surface area contributed by atoms with Crippen LogP contribution in [0.5, 0.6) is 0 Å². The van der Waals surface area contributed by atoms with Crippen molar-refractivity contribution in [1.29, 1.82) is 0 Å². The minimum atomic E-state index is -0.0245. The molecule has 0 aromatic rings. The number of amides is 1. The summed E-state index contributed by atoms with van der Waals surface area (Å²) >= 11 is 0. The van der Waals surface area contributed by atoms with E-state index in [1.54, 1.807) is 6.92 Å². The number of nitrogens with one attached hydrogen (secondary N) is 1. The SMILES string of the molecule is CC(=O)NCCC/C(C)=N/O. The molecule has 0 radical (unpaired) electrons. The van der Waals surface area contributed by atoms with Gasteiger partial charge in [0.05, 0.1) is 5.71 Å². The highest BCUT2D eigenvalue weighted by molar-refractivity contribution is 5.81. The predicted molar refractivity (Wildman–Crippen MR) is 42.8 cm³/mol. The lowest BCUT2D eigenvalue weighted by molar-refractivity contribution is -0.118. The normalized spacial score (nSPS) is 11.3. The molecule has 1 amide bonds. The fraction of sp³-hybridized carbons (Fsp3) is 0.714. The highest BCUT2D eigenvalue weighted by Gasteiger charge is 1.93. The Hall–Kier alpha value is -1.06. The van der Waals surface area contributed by atoms with E-state index in [9.17, 15) is 4.79 Å². The smallest absolute Gasteiger partial charge is 0.216 e. The fourth-order valence-corrected chi connectivity index (χ4v) is 0.659. The van der Waals surface area contributed by atoms with Crippen molar-refractivity contribution in [2.24, 2.45) is 5.16 Å². The third-order valence-corrected chi connectivity index (χ3v) is 1.26. The molecule has 4 nitrogen and oxygen atoms in total. The summed E-state index contributed by atoms with van der Waals surface area (Å²) < 4.78 is 0. The molecule has 0 aromatic heterocycles. The molecule has 0 saturated carbocycles. The number of carbonyl (C=O) groups is 1. The van der Waals surface area contributed by atoms with E-state index < -0.39 is 0 Å². The maximum absolute atomic E-state index is 10.4. The van der Waals surface area contributed by atoms with Gasteiger partial charge in [0.15, 0.2) is 0 Å². The van der Waals surface area contributed by atoms with E-state index in [1.165, 1.54) is 6.92 Å². The van der Waals surface area contributed by atoms with Crippen LogP contribution in [0.1, 0.15) is 26.7 Å². The van der Waals surface area contributed by atoms with Gasteiger partial charge in [-0.2, -0.15) is 0 Å². The third-order valence-electron chi connectivity index (χ3n) is 1.26. The van der Waals surface area contributed by atoms with Crippen molar-refractivity contribution in [3.05, 3.63) is 0 Å². The van der Waals surface area contributed by atoms with Gasteiger partial charge >= 0.3 is 0 Å². The Morgan fingerprint density at radius 1 is 1.55 bits per heavy atom. The van der Waals surface area contributed by atoms with Crippen molar-refractivity contribution >= 4 is 11.6 Å². The summed E-state index contributed by atoms with van der Waals surface area (Å²) in [5, 5.41) is 13.9. The molecule has 2 N–H and O–H groups in total. The minimum absolute atomic E-state index is 0.0245. The Labute approximate surface area is 66.3 Å². The molecule has 11 heavy (non-hydrogen) atoms. The number of rotatable bonds is 4. The monoisotopic (exact) mass is 158 g/mol. The molecule has 0 aromatic carbocycles. The van der Waals surface area contributed by atoms with Crippen LogP contribution >= 0.6 is 0 Å². The zero-order chi connectivity index (χ0) is 8.69. The van der Waals surface area contributed by atoms with Crippen molar-refractivity contribution in [3.63, 3.8) is 0 Å². The van der Waals surface area contributed by atoms with E-state index in [-0.39, 0.29) is 5.91 Å². The Morgan fingerprint density at radius 3 is 2.64 bits per heavy atom. The van der Waals surface area contributed by atoms with Gasteiger partial charge in [0.2, 0.25) is 5.91 Å². The van der Waals surface area contributed by atoms with Crippen LogP contribution < -0.4 is 5.32 Å². The molecule has 0 unspecified atom stereocenters. The lowest BCUT2D eigenvalue weighted by Gasteiger charge is -1.99. The fourth-order valence-electron chi connectivity index (χ4n) is 0.659. The lowest BCUT2D eigenvalue weighted by atomic mass is 10.2. The second-order valence-corrected chi connectivity index (χ2v) is 2.42. The maximum Gasteiger partial charge on any atom is 0.216 e. The first-order valence-corrected chi connectivity index (χ1v) is 3.58. The number of hydrogen-bond donors (Lipinski definition) is 2. The van der Waals surface area contributed by atoms with Crippen LogP contribution in [0, 0.1) is 0 Å². The van der Waals surface area contributed by atoms with Crippen molar-refractivity contribution in [2.75, 3.05) is 6.54 Å². The Morgan fingerprint density at radius 2 is 2.18 bits per heavy atom. The molecular formula is C7H14N2O2. The largest absolute Gasteiger partial charge is 0.411 e. The molecule has 0 heterocycles. The molecule has 0 saturated heterocycles. The summed E-state index contributed by atoms with van der Waals surface area (Å²) in [4.78, 5) is 10.4. The third kappa shape index (κ3) is 6.83. The van der Waals surface area contributed by atoms with E-state index in [0.29, 0.717) is 12.3 Å². The molecule has 0 atom stereocenters. The van der Waals surface area contributed by atoms with Gasteiger partial charge in [-0.25, -0.2) is 0 Å². The van der Waals surface area contributed by atoms with Gasteiger partial charge in [-0.3, -0.25) is 4.79 Å². The topological polar surface area (TPSA) is 61.7 Å². The molecule has 0 aliphatic rings. The van der Waals surface area contributed by atoms with E-state index in [1.807, 2.05) is 0 Å². The Balaban J connectivity index is 3.21. The van der Waals surface area contributed by atoms with Crippen molar-refractivity contribution in [3.8, 4) is 0 Å². The molecule has 4 heteroatoms. The van der Waals surface area contributed by atoms with Crippen LogP contribution in [-0.2, 0) is 4.79 Å². The van der Waals surface area contributed by atoms with E-state index in [0.717, 1.165) is 12.8 Å². The van der Waals surface area contributed by atoms with E-state index >= 15 is 0 Å². The first kappa shape index (κ1) is 9.94. The van der Waals surface area contributed by atoms with Crippen LogP contribution in [0.15, 0.2) is 5.16 Å². The van der Waals surface area contributed by atoms with Gasteiger partial charge in [-0.15, -0.1) is 0 Å². The van der Waals surface area contributed by atoms with Crippen molar-refractivity contribution < 1.29 is 10.0 Å². The second kappa shape index (κ2) is 5.70. The Kier molecular flexibility index (Phi) is 5.15. The maximum atomic E-state index is 10.4. The first-order chi connectivity index (χ1) is 5.16. The molecule has 0 rings (SSSR count). The molecule has 0 aliphatic heterocycles. The Bertz CT molecular complexity index is 155. The van der Waals surface area contributed by atoms with Gasteiger partial charge in [-0.05, 0) is 19.8 Å². The zero-order valence-corrected chi connectivity index (χ0v) is 6.92. The summed E-state index contributed by atoms with van der Waals surface area (Å²) in [5.74, 6) is -0.0245.